The van der Waals surface area contributed by atoms with Gasteiger partial charge in [-0.05, 0) is 54.9 Å². The predicted octanol–water partition coefficient (Wildman–Crippen LogP) is 2.75. The van der Waals surface area contributed by atoms with Gasteiger partial charge in [-0.25, -0.2) is 0 Å². The molecule has 0 aromatic heterocycles. The van der Waals surface area contributed by atoms with E-state index in [-0.39, 0.29) is 4.37 Å². The van der Waals surface area contributed by atoms with Gasteiger partial charge in [-0.1, -0.05) is 0 Å². The zero-order chi connectivity index (χ0) is 4.50. The minimum atomic E-state index is -0.227. The Bertz CT molecular complexity index is 23.1. The molecule has 3 heteroatoms. The highest BCUT2D eigenvalue weighted by Gasteiger charge is 1.92. The van der Waals surface area contributed by atoms with E-state index in [0.29, 0.717) is 0 Å². The minimum absolute atomic E-state index is 0.227. The van der Waals surface area contributed by atoms with Crippen LogP contribution in [0.25, 0.3) is 0 Å². The lowest BCUT2D eigenvalue weighted by Crippen LogP contribution is -1.59. The summed E-state index contributed by atoms with van der Waals surface area (Å²) in [7, 11) is 0. The van der Waals surface area contributed by atoms with Crippen LogP contribution in [0.15, 0.2) is 0 Å². The molecule has 0 aliphatic carbocycles. The molecule has 0 heterocycles. The largest absolute Gasteiger partial charge is 0.139 e. The van der Waals surface area contributed by atoms with Crippen molar-refractivity contribution in [2.45, 2.75) is 0 Å². The Hall–Kier alpha value is 1.81. The molecule has 34 valence electrons. The van der Waals surface area contributed by atoms with E-state index in [0.717, 1.165) is 0 Å². The number of rotatable bonds is 0. The highest BCUT2D eigenvalue weighted by atomic mass is 127. The van der Waals surface area contributed by atoms with E-state index in [1.54, 1.807) is 0 Å². The van der Waals surface area contributed by atoms with Crippen molar-refractivity contribution >= 4 is 46.8 Å². The van der Waals surface area contributed by atoms with Crippen LogP contribution < -0.4 is 0 Å². The number of halogens is 2. The quantitative estimate of drug-likeness (QED) is 0.603. The van der Waals surface area contributed by atoms with Crippen LogP contribution >= 0.6 is 46.8 Å². The van der Waals surface area contributed by atoms with Crippen molar-refractivity contribution in [2.24, 2.45) is 0 Å². The van der Waals surface area contributed by atoms with Crippen molar-refractivity contribution < 1.29 is 0 Å². The highest BCUT2D eigenvalue weighted by Crippen LogP contribution is 2.56. The summed E-state index contributed by atoms with van der Waals surface area (Å²) in [6.45, 7) is 0. The van der Waals surface area contributed by atoms with E-state index in [1.165, 1.54) is 0 Å². The third-order valence-electron chi connectivity index (χ3n) is 0. The van der Waals surface area contributed by atoms with Gasteiger partial charge in [0.1, 0.15) is 0 Å². The van der Waals surface area contributed by atoms with Gasteiger partial charge in [-0.3, -0.25) is 0 Å². The summed E-state index contributed by atoms with van der Waals surface area (Å²) in [5.41, 5.74) is 0. The molecule has 0 spiro atoms. The second kappa shape index (κ2) is 2.20. The van der Waals surface area contributed by atoms with E-state index >= 15 is 0 Å². The topological polar surface area (TPSA) is 0 Å². The van der Waals surface area contributed by atoms with Crippen molar-refractivity contribution in [2.75, 3.05) is 12.5 Å². The molecule has 0 fully saturated rings. The lowest BCUT2D eigenvalue weighted by molar-refractivity contribution is 2.36. The summed E-state index contributed by atoms with van der Waals surface area (Å²) in [5.74, 6) is 0. The van der Waals surface area contributed by atoms with E-state index in [9.17, 15) is 0 Å². The first kappa shape index (κ1) is 6.81. The van der Waals surface area contributed by atoms with Crippen LogP contribution in [-0.4, -0.2) is 12.5 Å². The lowest BCUT2D eigenvalue weighted by Gasteiger charge is -2.08. The summed E-state index contributed by atoms with van der Waals surface area (Å²) < 4.78 is -0.227. The Morgan fingerprint density at radius 1 is 1.20 bits per heavy atom. The Kier molecular flexibility index (Phi) is 3.00. The smallest absolute Gasteiger partial charge is 0.0158 e. The maximum atomic E-state index is 2.45. The summed E-state index contributed by atoms with van der Waals surface area (Å²) in [4.78, 5) is 0. The first-order valence-corrected chi connectivity index (χ1v) is 8.66. The van der Waals surface area contributed by atoms with Gasteiger partial charge in [-0.15, -0.1) is 4.37 Å². The minimum Gasteiger partial charge on any atom is -0.139 e. The summed E-state index contributed by atoms with van der Waals surface area (Å²) in [6, 6.07) is 0. The molecule has 0 radical (unpaired) electrons. The molecule has 0 rings (SSSR count). The summed E-state index contributed by atoms with van der Waals surface area (Å²) in [5, 5.41) is 0. The second-order valence-corrected chi connectivity index (χ2v) is 21.5. The van der Waals surface area contributed by atoms with Gasteiger partial charge in [0.25, 0.3) is 0 Å². The molecule has 0 aromatic rings. The third-order valence-corrected chi connectivity index (χ3v) is 0. The molecule has 0 aromatic carbocycles. The molecule has 0 amide bonds. The molecule has 0 saturated carbocycles. The fourth-order valence-corrected chi connectivity index (χ4v) is 0. The van der Waals surface area contributed by atoms with Crippen molar-refractivity contribution in [1.29, 1.82) is 0 Å². The third kappa shape index (κ3) is 25.7. The first-order chi connectivity index (χ1) is 2.00. The van der Waals surface area contributed by atoms with Crippen molar-refractivity contribution in [3.63, 3.8) is 0 Å². The Morgan fingerprint density at radius 3 is 1.20 bits per heavy atom. The van der Waals surface area contributed by atoms with E-state index in [4.69, 9.17) is 0 Å². The molecule has 0 aliphatic heterocycles. The number of hydrogen-bond donors (Lipinski definition) is 0. The van der Waals surface area contributed by atoms with Gasteiger partial charge in [0.15, 0.2) is 0 Å². The average molecular weight is 316 g/mol. The molecule has 0 saturated heterocycles. The van der Waals surface area contributed by atoms with Crippen molar-refractivity contribution in [3.8, 4) is 0 Å². The summed E-state index contributed by atoms with van der Waals surface area (Å²) in [6.07, 6.45) is 4.49. The van der Waals surface area contributed by atoms with Crippen LogP contribution in [0.3, 0.4) is 0 Å². The summed E-state index contributed by atoms with van der Waals surface area (Å²) >= 11 is 4.90. The van der Waals surface area contributed by atoms with Gasteiger partial charge in [0.2, 0.25) is 0 Å². The van der Waals surface area contributed by atoms with Crippen LogP contribution in [0.4, 0.5) is 0 Å². The predicted molar refractivity (Wildman–Crippen MR) is 47.5 cm³/mol. The van der Waals surface area contributed by atoms with Gasteiger partial charge in [-0.2, -0.15) is 0 Å². The molecule has 0 nitrogen and oxygen atoms in total. The Balaban J connectivity index is 3.02. The van der Waals surface area contributed by atoms with Gasteiger partial charge in [0.05, 0.1) is 0 Å². The van der Waals surface area contributed by atoms with Crippen LogP contribution in [0.1, 0.15) is 0 Å². The van der Waals surface area contributed by atoms with Crippen LogP contribution in [0, 0.1) is 0 Å². The standard InChI is InChI=1S/C2H6I2S/c1-5(2,3)4/h1-2H3. The van der Waals surface area contributed by atoms with Crippen LogP contribution in [-0.2, 0) is 0 Å². The number of hydrogen-bond acceptors (Lipinski definition) is 0. The van der Waals surface area contributed by atoms with Gasteiger partial charge >= 0.3 is 0 Å². The zero-order valence-corrected chi connectivity index (χ0v) is 8.30. The zero-order valence-electron chi connectivity index (χ0n) is 3.16. The maximum absolute atomic E-state index is 2.45. The van der Waals surface area contributed by atoms with E-state index in [1.807, 2.05) is 0 Å². The average Bonchev–Trinajstić information content (AvgIpc) is 0.722. The molecule has 0 atom stereocenters. The Labute approximate surface area is 58.6 Å². The lowest BCUT2D eigenvalue weighted by atomic mass is 11.9. The van der Waals surface area contributed by atoms with Gasteiger partial charge < -0.3 is 0 Å². The fourth-order valence-electron chi connectivity index (χ4n) is 0. The monoisotopic (exact) mass is 316 g/mol. The molecular weight excluding hydrogens is 310 g/mol. The molecule has 0 unspecified atom stereocenters. The Morgan fingerprint density at radius 2 is 1.20 bits per heavy atom. The first-order valence-electron chi connectivity index (χ1n) is 1.13. The molecule has 0 aliphatic rings. The van der Waals surface area contributed by atoms with E-state index < -0.39 is 0 Å². The SMILES string of the molecule is CS(C)(I)I. The van der Waals surface area contributed by atoms with Crippen LogP contribution in [0.5, 0.6) is 0 Å². The van der Waals surface area contributed by atoms with Crippen molar-refractivity contribution in [3.05, 3.63) is 0 Å². The van der Waals surface area contributed by atoms with Crippen molar-refractivity contribution in [1.82, 2.24) is 0 Å². The molecular formula is C2H6I2S. The second-order valence-electron chi connectivity index (χ2n) is 1.08. The maximum Gasteiger partial charge on any atom is -0.0158 e. The molecule has 0 bridgehead atoms. The molecule has 5 heavy (non-hydrogen) atoms. The van der Waals surface area contributed by atoms with Gasteiger partial charge in [0, 0.05) is 0 Å². The van der Waals surface area contributed by atoms with Crippen LogP contribution in [0.2, 0.25) is 0 Å². The fraction of sp³-hybridized carbons (Fsp3) is 1.00. The normalized spacial score (nSPS) is 15.2. The van der Waals surface area contributed by atoms with E-state index in [2.05, 4.69) is 54.9 Å². The highest BCUT2D eigenvalue weighted by molar-refractivity contribution is 14.3. The molecule has 0 N–H and O–H groups in total.